The molecule has 7 heteroatoms. The summed E-state index contributed by atoms with van der Waals surface area (Å²) in [6.45, 7) is 0. The molecule has 0 amide bonds. The van der Waals surface area contributed by atoms with E-state index < -0.39 is 23.3 Å². The molecule has 0 aliphatic heterocycles. The van der Waals surface area contributed by atoms with E-state index in [4.69, 9.17) is 0 Å². The number of pyridine rings is 2. The van der Waals surface area contributed by atoms with Crippen LogP contribution < -0.4 is 0 Å². The van der Waals surface area contributed by atoms with E-state index in [1.807, 2.05) is 0 Å². The van der Waals surface area contributed by atoms with Crippen molar-refractivity contribution in [2.45, 2.75) is 6.42 Å². The first-order chi connectivity index (χ1) is 14.0. The van der Waals surface area contributed by atoms with Gasteiger partial charge in [-0.3, -0.25) is 17.6 Å². The van der Waals surface area contributed by atoms with E-state index >= 15 is 0 Å². The predicted octanol–water partition coefficient (Wildman–Crippen LogP) is 5.56. The SMILES string of the molecule is Fc1c[c-]c(-c2cccc(Cc3cccc(-c4[c-]cc(F)cc4F)n3)n2)c(F)c1.[Pt+2]. The molecule has 0 radical (unpaired) electrons. The van der Waals surface area contributed by atoms with Crippen molar-refractivity contribution in [3.05, 3.63) is 107 Å². The van der Waals surface area contributed by atoms with Crippen LogP contribution in [0.4, 0.5) is 17.6 Å². The van der Waals surface area contributed by atoms with Gasteiger partial charge in [-0.05, 0) is 23.5 Å². The van der Waals surface area contributed by atoms with Gasteiger partial charge < -0.3 is 9.97 Å². The van der Waals surface area contributed by atoms with Gasteiger partial charge in [0, 0.05) is 41.1 Å². The third-order valence-corrected chi connectivity index (χ3v) is 4.20. The molecule has 0 N–H and O–H groups in total. The summed E-state index contributed by atoms with van der Waals surface area (Å²) in [5, 5.41) is 0. The Bertz CT molecular complexity index is 1100. The van der Waals surface area contributed by atoms with Gasteiger partial charge in [-0.15, -0.1) is 24.3 Å². The number of hydrogen-bond donors (Lipinski definition) is 0. The Hall–Kier alpha value is -2.85. The maximum atomic E-state index is 14.0. The zero-order valence-electron chi connectivity index (χ0n) is 15.2. The molecule has 0 atom stereocenters. The van der Waals surface area contributed by atoms with E-state index in [1.165, 1.54) is 0 Å². The third kappa shape index (κ3) is 4.82. The predicted molar refractivity (Wildman–Crippen MR) is 99.7 cm³/mol. The maximum absolute atomic E-state index is 14.0. The van der Waals surface area contributed by atoms with Gasteiger partial charge in [-0.2, -0.15) is 0 Å². The van der Waals surface area contributed by atoms with Crippen LogP contribution in [-0.4, -0.2) is 9.97 Å². The summed E-state index contributed by atoms with van der Waals surface area (Å²) in [7, 11) is 0. The van der Waals surface area contributed by atoms with Crippen LogP contribution in [0, 0.1) is 35.4 Å². The second kappa shape index (κ2) is 9.31. The van der Waals surface area contributed by atoms with Gasteiger partial charge in [0.25, 0.3) is 0 Å². The van der Waals surface area contributed by atoms with Crippen molar-refractivity contribution in [3.63, 3.8) is 0 Å². The molecule has 2 aromatic heterocycles. The molecule has 0 spiro atoms. The van der Waals surface area contributed by atoms with E-state index in [0.29, 0.717) is 29.2 Å². The van der Waals surface area contributed by atoms with Crippen molar-refractivity contribution in [1.29, 1.82) is 0 Å². The van der Waals surface area contributed by atoms with Gasteiger partial charge in [0.05, 0.1) is 0 Å². The van der Waals surface area contributed by atoms with Crippen molar-refractivity contribution < 1.29 is 38.6 Å². The van der Waals surface area contributed by atoms with Gasteiger partial charge in [-0.1, -0.05) is 47.5 Å². The standard InChI is InChI=1S/C23H12F4N2.Pt/c24-14-7-9-18(20(26)11-14)22-5-1-3-16(28-22)13-17-4-2-6-23(29-17)19-10-8-15(25)12-21(19)27;/h1-8,11-12H,13H2;/q-2;+2. The van der Waals surface area contributed by atoms with Crippen molar-refractivity contribution >= 4 is 0 Å². The Morgan fingerprint density at radius 2 is 1.10 bits per heavy atom. The Balaban J connectivity index is 0.00000256. The van der Waals surface area contributed by atoms with E-state index in [1.54, 1.807) is 36.4 Å². The fourth-order valence-electron chi connectivity index (χ4n) is 2.90. The molecule has 2 nitrogen and oxygen atoms in total. The maximum Gasteiger partial charge on any atom is 2.00 e. The molecule has 0 unspecified atom stereocenters. The minimum atomic E-state index is -0.753. The van der Waals surface area contributed by atoms with E-state index in [9.17, 15) is 17.6 Å². The first kappa shape index (κ1) is 21.8. The van der Waals surface area contributed by atoms with Crippen LogP contribution in [0.2, 0.25) is 0 Å². The normalized spacial score (nSPS) is 10.5. The fourth-order valence-corrected chi connectivity index (χ4v) is 2.90. The number of benzene rings is 2. The summed E-state index contributed by atoms with van der Waals surface area (Å²) in [5.74, 6) is -2.93. The van der Waals surface area contributed by atoms with Crippen molar-refractivity contribution in [1.82, 2.24) is 9.97 Å². The monoisotopic (exact) mass is 587 g/mol. The molecule has 0 aliphatic carbocycles. The number of hydrogen-bond acceptors (Lipinski definition) is 2. The Morgan fingerprint density at radius 3 is 1.50 bits per heavy atom. The molecule has 2 aromatic carbocycles. The molecule has 152 valence electrons. The van der Waals surface area contributed by atoms with Gasteiger partial charge in [0.1, 0.15) is 0 Å². The van der Waals surface area contributed by atoms with Crippen LogP contribution >= 0.6 is 0 Å². The summed E-state index contributed by atoms with van der Waals surface area (Å²) in [6.07, 6.45) is 0.299. The minimum absolute atomic E-state index is 0. The summed E-state index contributed by atoms with van der Waals surface area (Å²) >= 11 is 0. The van der Waals surface area contributed by atoms with Crippen LogP contribution in [-0.2, 0) is 27.5 Å². The third-order valence-electron chi connectivity index (χ3n) is 4.20. The van der Waals surface area contributed by atoms with Crippen LogP contribution in [0.5, 0.6) is 0 Å². The van der Waals surface area contributed by atoms with Gasteiger partial charge in [0.2, 0.25) is 0 Å². The van der Waals surface area contributed by atoms with Crippen LogP contribution in [0.3, 0.4) is 0 Å². The largest absolute Gasteiger partial charge is 2.00 e. The molecule has 0 saturated carbocycles. The fraction of sp³-hybridized carbons (Fsp3) is 0.0435. The first-order valence-electron chi connectivity index (χ1n) is 8.65. The topological polar surface area (TPSA) is 25.8 Å². The number of aromatic nitrogens is 2. The minimum Gasteiger partial charge on any atom is -0.301 e. The Labute approximate surface area is 184 Å². The smallest absolute Gasteiger partial charge is 0.301 e. The van der Waals surface area contributed by atoms with Crippen LogP contribution in [0.15, 0.2) is 60.7 Å². The van der Waals surface area contributed by atoms with E-state index in [-0.39, 0.29) is 32.2 Å². The van der Waals surface area contributed by atoms with Gasteiger partial charge in [-0.25, -0.2) is 0 Å². The summed E-state index contributed by atoms with van der Waals surface area (Å²) in [5.41, 5.74) is 1.94. The molecule has 0 saturated heterocycles. The number of halogens is 4. The van der Waals surface area contributed by atoms with Crippen molar-refractivity contribution in [2.75, 3.05) is 0 Å². The van der Waals surface area contributed by atoms with Crippen LogP contribution in [0.25, 0.3) is 22.5 Å². The summed E-state index contributed by atoms with van der Waals surface area (Å²) < 4.78 is 54.2. The molecule has 0 aliphatic rings. The Kier molecular flexibility index (Phi) is 6.78. The Morgan fingerprint density at radius 1 is 0.667 bits per heavy atom. The average Bonchev–Trinajstić information content (AvgIpc) is 2.68. The van der Waals surface area contributed by atoms with Crippen LogP contribution in [0.1, 0.15) is 11.4 Å². The molecule has 0 fully saturated rings. The molecular weight excluding hydrogens is 575 g/mol. The molecule has 0 bridgehead atoms. The summed E-state index contributed by atoms with van der Waals surface area (Å²) in [4.78, 5) is 8.79. The second-order valence-corrected chi connectivity index (χ2v) is 6.29. The molecule has 30 heavy (non-hydrogen) atoms. The number of nitrogens with zero attached hydrogens (tertiary/aromatic N) is 2. The molecular formula is C23H12F4N2Pt. The van der Waals surface area contributed by atoms with Gasteiger partial charge >= 0.3 is 21.1 Å². The average molecular weight is 587 g/mol. The second-order valence-electron chi connectivity index (χ2n) is 6.29. The van der Waals surface area contributed by atoms with Crippen molar-refractivity contribution in [2.24, 2.45) is 0 Å². The molecule has 4 aromatic rings. The molecule has 2 heterocycles. The quantitative estimate of drug-likeness (QED) is 0.231. The molecule has 4 rings (SSSR count). The van der Waals surface area contributed by atoms with E-state index in [0.717, 1.165) is 24.3 Å². The van der Waals surface area contributed by atoms with Crippen molar-refractivity contribution in [3.8, 4) is 22.5 Å². The number of rotatable bonds is 4. The first-order valence-corrected chi connectivity index (χ1v) is 8.65. The van der Waals surface area contributed by atoms with Gasteiger partial charge in [0.15, 0.2) is 0 Å². The zero-order valence-corrected chi connectivity index (χ0v) is 17.5. The zero-order chi connectivity index (χ0) is 20.4. The summed E-state index contributed by atoms with van der Waals surface area (Å²) in [6, 6.07) is 18.8. The van der Waals surface area contributed by atoms with E-state index in [2.05, 4.69) is 22.1 Å².